The summed E-state index contributed by atoms with van der Waals surface area (Å²) in [5.74, 6) is 0.682. The number of anilines is 1. The molecule has 1 aromatic heterocycles. The zero-order valence-electron chi connectivity index (χ0n) is 13.0. The number of urea groups is 1. The van der Waals surface area contributed by atoms with E-state index in [1.54, 1.807) is 23.2 Å². The highest BCUT2D eigenvalue weighted by atomic mass is 35.5. The van der Waals surface area contributed by atoms with E-state index in [-0.39, 0.29) is 18.0 Å². The van der Waals surface area contributed by atoms with Crippen LogP contribution in [-0.4, -0.2) is 57.9 Å². The van der Waals surface area contributed by atoms with Gasteiger partial charge in [-0.15, -0.1) is 0 Å². The van der Waals surface area contributed by atoms with Gasteiger partial charge in [0.1, 0.15) is 11.4 Å². The SMILES string of the molecule is C[C@]12CCCN1C(=O)N([C@@H]1CCN(c3ncccc3Cl)C1)C2=O. The molecule has 4 rings (SSSR count). The maximum absolute atomic E-state index is 12.8. The molecule has 0 unspecified atom stereocenters. The number of carbonyl (C=O) groups is 2. The molecular weight excluding hydrogens is 316 g/mol. The molecule has 122 valence electrons. The van der Waals surface area contributed by atoms with Gasteiger partial charge >= 0.3 is 6.03 Å². The monoisotopic (exact) mass is 334 g/mol. The Balaban J connectivity index is 1.56. The second-order valence-electron chi connectivity index (χ2n) is 6.68. The third-order valence-corrected chi connectivity index (χ3v) is 5.62. The van der Waals surface area contributed by atoms with E-state index in [1.807, 2.05) is 6.92 Å². The summed E-state index contributed by atoms with van der Waals surface area (Å²) in [5.41, 5.74) is -0.632. The number of imide groups is 1. The molecule has 0 aliphatic carbocycles. The molecule has 3 aliphatic heterocycles. The maximum atomic E-state index is 12.8. The first-order valence-electron chi connectivity index (χ1n) is 8.03. The molecule has 7 heteroatoms. The Morgan fingerprint density at radius 1 is 1.35 bits per heavy atom. The first-order chi connectivity index (χ1) is 11.0. The van der Waals surface area contributed by atoms with Crippen LogP contribution in [0.25, 0.3) is 0 Å². The number of halogens is 1. The van der Waals surface area contributed by atoms with E-state index in [9.17, 15) is 9.59 Å². The average Bonchev–Trinajstić information content (AvgIpc) is 3.19. The molecule has 0 aromatic carbocycles. The third-order valence-electron chi connectivity index (χ3n) is 5.32. The van der Waals surface area contributed by atoms with E-state index in [4.69, 9.17) is 11.6 Å². The Morgan fingerprint density at radius 2 is 2.17 bits per heavy atom. The summed E-state index contributed by atoms with van der Waals surface area (Å²) < 4.78 is 0. The van der Waals surface area contributed by atoms with Gasteiger partial charge in [0, 0.05) is 25.8 Å². The van der Waals surface area contributed by atoms with Crippen LogP contribution in [0.3, 0.4) is 0 Å². The number of nitrogens with zero attached hydrogens (tertiary/aromatic N) is 4. The van der Waals surface area contributed by atoms with Crippen LogP contribution < -0.4 is 4.90 Å². The molecule has 23 heavy (non-hydrogen) atoms. The zero-order chi connectivity index (χ0) is 16.2. The van der Waals surface area contributed by atoms with E-state index in [1.165, 1.54) is 4.90 Å². The third kappa shape index (κ3) is 2.04. The Labute approximate surface area is 140 Å². The first-order valence-corrected chi connectivity index (χ1v) is 8.41. The van der Waals surface area contributed by atoms with Crippen LogP contribution in [-0.2, 0) is 4.79 Å². The topological polar surface area (TPSA) is 56.8 Å². The molecule has 4 heterocycles. The Bertz CT molecular complexity index is 682. The van der Waals surface area contributed by atoms with E-state index >= 15 is 0 Å². The number of carbonyl (C=O) groups excluding carboxylic acids is 2. The molecule has 3 saturated heterocycles. The molecule has 3 fully saturated rings. The van der Waals surface area contributed by atoms with Crippen LogP contribution in [0.4, 0.5) is 10.6 Å². The van der Waals surface area contributed by atoms with Crippen LogP contribution in [0.5, 0.6) is 0 Å². The van der Waals surface area contributed by atoms with Crippen molar-refractivity contribution in [2.45, 2.75) is 37.8 Å². The maximum Gasteiger partial charge on any atom is 0.327 e. The number of pyridine rings is 1. The van der Waals surface area contributed by atoms with Crippen LogP contribution in [0, 0.1) is 0 Å². The summed E-state index contributed by atoms with van der Waals surface area (Å²) in [6.07, 6.45) is 4.13. The Morgan fingerprint density at radius 3 is 2.91 bits per heavy atom. The fraction of sp³-hybridized carbons (Fsp3) is 0.562. The lowest BCUT2D eigenvalue weighted by atomic mass is 9.99. The van der Waals surface area contributed by atoms with Gasteiger partial charge in [-0.25, -0.2) is 9.78 Å². The minimum Gasteiger partial charge on any atom is -0.353 e. The smallest absolute Gasteiger partial charge is 0.327 e. The molecule has 0 N–H and O–H groups in total. The van der Waals surface area contributed by atoms with E-state index in [0.29, 0.717) is 18.1 Å². The second kappa shape index (κ2) is 5.09. The van der Waals surface area contributed by atoms with Gasteiger partial charge in [-0.2, -0.15) is 0 Å². The number of fused-ring (bicyclic) bond motifs is 1. The number of aromatic nitrogens is 1. The molecule has 6 nitrogen and oxygen atoms in total. The normalized spacial score (nSPS) is 30.5. The number of rotatable bonds is 2. The van der Waals surface area contributed by atoms with Crippen molar-refractivity contribution < 1.29 is 9.59 Å². The first kappa shape index (κ1) is 14.8. The standard InChI is InChI=1S/C16H19ClN4O2/c1-16-6-3-8-20(16)15(23)21(14(16)22)11-5-9-19(10-11)13-12(17)4-2-7-18-13/h2,4,7,11H,3,5-6,8-10H2,1H3/t11-,16-/m1/s1. The molecule has 0 radical (unpaired) electrons. The lowest BCUT2D eigenvalue weighted by molar-refractivity contribution is -0.133. The molecule has 3 amide bonds. The molecule has 0 spiro atoms. The summed E-state index contributed by atoms with van der Waals surface area (Å²) >= 11 is 6.21. The van der Waals surface area contributed by atoms with Crippen LogP contribution in [0.2, 0.25) is 5.02 Å². The van der Waals surface area contributed by atoms with Gasteiger partial charge < -0.3 is 9.80 Å². The van der Waals surface area contributed by atoms with Crippen molar-refractivity contribution in [2.75, 3.05) is 24.5 Å². The largest absolute Gasteiger partial charge is 0.353 e. The lowest BCUT2D eigenvalue weighted by Gasteiger charge is -2.24. The lowest BCUT2D eigenvalue weighted by Crippen LogP contribution is -2.45. The highest BCUT2D eigenvalue weighted by molar-refractivity contribution is 6.32. The minimum absolute atomic E-state index is 0.0426. The van der Waals surface area contributed by atoms with Gasteiger partial charge in [0.2, 0.25) is 0 Å². The highest BCUT2D eigenvalue weighted by Crippen LogP contribution is 2.39. The molecule has 0 saturated carbocycles. The van der Waals surface area contributed by atoms with Gasteiger partial charge in [-0.3, -0.25) is 9.69 Å². The molecule has 1 aromatic rings. The molecule has 3 aliphatic rings. The van der Waals surface area contributed by atoms with Crippen LogP contribution >= 0.6 is 11.6 Å². The summed E-state index contributed by atoms with van der Waals surface area (Å²) in [5, 5.41) is 0.597. The number of hydrogen-bond donors (Lipinski definition) is 0. The predicted octanol–water partition coefficient (Wildman–Crippen LogP) is 2.13. The van der Waals surface area contributed by atoms with Gasteiger partial charge in [-0.05, 0) is 38.3 Å². The van der Waals surface area contributed by atoms with Gasteiger partial charge in [0.25, 0.3) is 5.91 Å². The summed E-state index contributed by atoms with van der Waals surface area (Å²) in [7, 11) is 0. The van der Waals surface area contributed by atoms with Crippen molar-refractivity contribution >= 4 is 29.4 Å². The summed E-state index contributed by atoms with van der Waals surface area (Å²) in [6, 6.07) is 3.37. The average molecular weight is 335 g/mol. The Kier molecular flexibility index (Phi) is 3.27. The number of amides is 3. The van der Waals surface area contributed by atoms with Crippen molar-refractivity contribution in [1.82, 2.24) is 14.8 Å². The van der Waals surface area contributed by atoms with Crippen molar-refractivity contribution in [3.63, 3.8) is 0 Å². The van der Waals surface area contributed by atoms with Gasteiger partial charge in [0.05, 0.1) is 11.1 Å². The molecule has 0 bridgehead atoms. The highest BCUT2D eigenvalue weighted by Gasteiger charge is 2.58. The zero-order valence-corrected chi connectivity index (χ0v) is 13.8. The van der Waals surface area contributed by atoms with E-state index in [0.717, 1.165) is 31.6 Å². The number of hydrogen-bond acceptors (Lipinski definition) is 4. The van der Waals surface area contributed by atoms with E-state index < -0.39 is 5.54 Å². The quantitative estimate of drug-likeness (QED) is 0.777. The summed E-state index contributed by atoms with van der Waals surface area (Å²) in [4.78, 5) is 35.1. The second-order valence-corrected chi connectivity index (χ2v) is 7.09. The van der Waals surface area contributed by atoms with Crippen molar-refractivity contribution in [1.29, 1.82) is 0 Å². The van der Waals surface area contributed by atoms with Crippen LogP contribution in [0.1, 0.15) is 26.2 Å². The molecular formula is C16H19ClN4O2. The fourth-order valence-corrected chi connectivity index (χ4v) is 4.29. The molecule has 2 atom stereocenters. The van der Waals surface area contributed by atoms with Gasteiger partial charge in [-0.1, -0.05) is 11.6 Å². The van der Waals surface area contributed by atoms with Crippen molar-refractivity contribution in [3.8, 4) is 0 Å². The Hall–Kier alpha value is -1.82. The summed E-state index contributed by atoms with van der Waals surface area (Å²) in [6.45, 7) is 3.91. The van der Waals surface area contributed by atoms with Crippen molar-refractivity contribution in [3.05, 3.63) is 23.4 Å². The predicted molar refractivity (Wildman–Crippen MR) is 86.5 cm³/mol. The van der Waals surface area contributed by atoms with Crippen molar-refractivity contribution in [2.24, 2.45) is 0 Å². The fourth-order valence-electron chi connectivity index (χ4n) is 4.05. The van der Waals surface area contributed by atoms with Gasteiger partial charge in [0.15, 0.2) is 0 Å². The van der Waals surface area contributed by atoms with E-state index in [2.05, 4.69) is 9.88 Å². The minimum atomic E-state index is -0.632. The van der Waals surface area contributed by atoms with Crippen LogP contribution in [0.15, 0.2) is 18.3 Å².